The van der Waals surface area contributed by atoms with E-state index in [0.29, 0.717) is 6.42 Å². The van der Waals surface area contributed by atoms with Gasteiger partial charge in [-0.1, -0.05) is 37.6 Å². The topological polar surface area (TPSA) is 20.2 Å². The molecule has 14 heavy (non-hydrogen) atoms. The van der Waals surface area contributed by atoms with Crippen LogP contribution in [0, 0.1) is 5.41 Å². The summed E-state index contributed by atoms with van der Waals surface area (Å²) in [5.74, 6) is 0. The van der Waals surface area contributed by atoms with Crippen LogP contribution in [0.25, 0.3) is 0 Å². The molecule has 0 aromatic carbocycles. The van der Waals surface area contributed by atoms with Gasteiger partial charge in [-0.25, -0.2) is 0 Å². The predicted molar refractivity (Wildman–Crippen MR) is 61.1 cm³/mol. The number of allylic oxidation sites excluding steroid dienone is 3. The van der Waals surface area contributed by atoms with Crippen LogP contribution in [0.5, 0.6) is 0 Å². The fraction of sp³-hybridized carbons (Fsp3) is 0.538. The fourth-order valence-electron chi connectivity index (χ4n) is 2.16. The average molecular weight is 192 g/mol. The van der Waals surface area contributed by atoms with E-state index in [1.807, 2.05) is 0 Å². The molecule has 1 nitrogen and oxygen atoms in total. The summed E-state index contributed by atoms with van der Waals surface area (Å²) in [5, 5.41) is 9.93. The Hall–Kier alpha value is -0.820. The Labute approximate surface area is 86.8 Å². The van der Waals surface area contributed by atoms with Gasteiger partial charge in [0, 0.05) is 0 Å². The van der Waals surface area contributed by atoms with Crippen molar-refractivity contribution in [2.75, 3.05) is 0 Å². The van der Waals surface area contributed by atoms with Gasteiger partial charge in [0.05, 0.1) is 6.10 Å². The van der Waals surface area contributed by atoms with E-state index in [0.717, 1.165) is 12.0 Å². The third kappa shape index (κ3) is 2.36. The van der Waals surface area contributed by atoms with E-state index < -0.39 is 0 Å². The summed E-state index contributed by atoms with van der Waals surface area (Å²) in [6, 6.07) is 0. The highest BCUT2D eigenvalue weighted by molar-refractivity contribution is 5.31. The van der Waals surface area contributed by atoms with E-state index in [9.17, 15) is 5.11 Å². The molecule has 0 amide bonds. The van der Waals surface area contributed by atoms with Crippen molar-refractivity contribution in [3.8, 4) is 0 Å². The number of rotatable bonds is 3. The highest BCUT2D eigenvalue weighted by Crippen LogP contribution is 2.39. The van der Waals surface area contributed by atoms with Crippen molar-refractivity contribution in [3.05, 3.63) is 36.0 Å². The molecule has 0 aromatic heterocycles. The van der Waals surface area contributed by atoms with Gasteiger partial charge >= 0.3 is 0 Å². The summed E-state index contributed by atoms with van der Waals surface area (Å²) in [6.07, 6.45) is 7.24. The van der Waals surface area contributed by atoms with Crippen molar-refractivity contribution >= 4 is 0 Å². The average Bonchev–Trinajstić information content (AvgIpc) is 2.01. The van der Waals surface area contributed by atoms with Crippen LogP contribution < -0.4 is 0 Å². The lowest BCUT2D eigenvalue weighted by Crippen LogP contribution is -2.26. The first-order valence-corrected chi connectivity index (χ1v) is 5.14. The summed E-state index contributed by atoms with van der Waals surface area (Å²) in [5.41, 5.74) is 2.59. The minimum absolute atomic E-state index is 0.0846. The number of aliphatic hydroxyl groups excluding tert-OH is 1. The third-order valence-electron chi connectivity index (χ3n) is 2.80. The van der Waals surface area contributed by atoms with Crippen LogP contribution in [0.2, 0.25) is 0 Å². The molecule has 0 saturated heterocycles. The van der Waals surface area contributed by atoms with E-state index in [-0.39, 0.29) is 11.5 Å². The second-order valence-corrected chi connectivity index (χ2v) is 4.74. The normalized spacial score (nSPS) is 22.3. The van der Waals surface area contributed by atoms with Crippen molar-refractivity contribution in [3.63, 3.8) is 0 Å². The Kier molecular flexibility index (Phi) is 3.33. The molecule has 78 valence electrons. The van der Waals surface area contributed by atoms with Crippen LogP contribution >= 0.6 is 0 Å². The zero-order chi connectivity index (χ0) is 10.8. The molecule has 0 heterocycles. The van der Waals surface area contributed by atoms with E-state index >= 15 is 0 Å². The quantitative estimate of drug-likeness (QED) is 0.681. The third-order valence-corrected chi connectivity index (χ3v) is 2.80. The minimum Gasteiger partial charge on any atom is -0.388 e. The largest absolute Gasteiger partial charge is 0.388 e. The first kappa shape index (κ1) is 11.3. The Bertz CT molecular complexity index is 282. The highest BCUT2D eigenvalue weighted by atomic mass is 16.3. The molecule has 0 saturated carbocycles. The molecule has 1 unspecified atom stereocenters. The van der Waals surface area contributed by atoms with Gasteiger partial charge in [0.25, 0.3) is 0 Å². The summed E-state index contributed by atoms with van der Waals surface area (Å²) in [6.45, 7) is 10.2. The monoisotopic (exact) mass is 192 g/mol. The van der Waals surface area contributed by atoms with Crippen molar-refractivity contribution in [1.29, 1.82) is 0 Å². The van der Waals surface area contributed by atoms with Gasteiger partial charge < -0.3 is 5.11 Å². The zero-order valence-electron chi connectivity index (χ0n) is 9.38. The van der Waals surface area contributed by atoms with Crippen LogP contribution in [0.15, 0.2) is 36.0 Å². The van der Waals surface area contributed by atoms with Gasteiger partial charge in [0.2, 0.25) is 0 Å². The van der Waals surface area contributed by atoms with Crippen molar-refractivity contribution < 1.29 is 5.11 Å². The molecule has 1 atom stereocenters. The predicted octanol–water partition coefficient (Wildman–Crippen LogP) is 3.23. The minimum atomic E-state index is -0.369. The maximum absolute atomic E-state index is 9.93. The Morgan fingerprint density at radius 2 is 2.21 bits per heavy atom. The Morgan fingerprint density at radius 3 is 2.71 bits per heavy atom. The summed E-state index contributed by atoms with van der Waals surface area (Å²) in [4.78, 5) is 0. The van der Waals surface area contributed by atoms with Crippen LogP contribution in [0.4, 0.5) is 0 Å². The van der Waals surface area contributed by atoms with Gasteiger partial charge in [-0.05, 0) is 30.8 Å². The van der Waals surface area contributed by atoms with Crippen LogP contribution in [0.3, 0.4) is 0 Å². The molecule has 0 bridgehead atoms. The van der Waals surface area contributed by atoms with Gasteiger partial charge in [-0.15, -0.1) is 6.58 Å². The molecule has 1 rings (SSSR count). The van der Waals surface area contributed by atoms with Gasteiger partial charge in [-0.2, -0.15) is 0 Å². The molecular formula is C13H20O. The Balaban J connectivity index is 2.89. The molecule has 0 radical (unpaired) electrons. The highest BCUT2D eigenvalue weighted by Gasteiger charge is 2.29. The maximum atomic E-state index is 9.93. The lowest BCUT2D eigenvalue weighted by Gasteiger charge is -2.34. The number of hydrogen-bond donors (Lipinski definition) is 1. The van der Waals surface area contributed by atoms with Gasteiger partial charge in [0.15, 0.2) is 0 Å². The first-order valence-electron chi connectivity index (χ1n) is 5.14. The van der Waals surface area contributed by atoms with Crippen LogP contribution in [0.1, 0.15) is 33.6 Å². The summed E-state index contributed by atoms with van der Waals surface area (Å²) < 4.78 is 0. The maximum Gasteiger partial charge on any atom is 0.0792 e. The lowest BCUT2D eigenvalue weighted by atomic mass is 9.73. The Morgan fingerprint density at radius 1 is 1.57 bits per heavy atom. The zero-order valence-corrected chi connectivity index (χ0v) is 9.38. The molecule has 0 aromatic rings. The van der Waals surface area contributed by atoms with Crippen LogP contribution in [-0.2, 0) is 0 Å². The molecular weight excluding hydrogens is 172 g/mol. The molecule has 0 spiro atoms. The second kappa shape index (κ2) is 4.14. The van der Waals surface area contributed by atoms with Crippen LogP contribution in [-0.4, -0.2) is 11.2 Å². The van der Waals surface area contributed by atoms with Crippen molar-refractivity contribution in [2.45, 2.75) is 39.7 Å². The lowest BCUT2D eigenvalue weighted by molar-refractivity contribution is 0.182. The van der Waals surface area contributed by atoms with E-state index in [1.165, 1.54) is 5.57 Å². The van der Waals surface area contributed by atoms with Gasteiger partial charge in [0.1, 0.15) is 0 Å². The second-order valence-electron chi connectivity index (χ2n) is 4.74. The first-order chi connectivity index (χ1) is 6.47. The molecule has 1 N–H and O–H groups in total. The molecule has 0 aliphatic heterocycles. The molecule has 1 aliphatic rings. The number of aliphatic hydroxyl groups is 1. The van der Waals surface area contributed by atoms with E-state index in [4.69, 9.17) is 0 Å². The van der Waals surface area contributed by atoms with Crippen molar-refractivity contribution in [2.24, 2.45) is 5.41 Å². The summed E-state index contributed by atoms with van der Waals surface area (Å²) >= 11 is 0. The smallest absolute Gasteiger partial charge is 0.0792 e. The number of hydrogen-bond acceptors (Lipinski definition) is 1. The molecule has 1 heteroatoms. The van der Waals surface area contributed by atoms with Gasteiger partial charge in [-0.3, -0.25) is 0 Å². The molecule has 0 fully saturated rings. The molecule has 1 aliphatic carbocycles. The fourth-order valence-corrected chi connectivity index (χ4v) is 2.16. The van der Waals surface area contributed by atoms with E-state index in [1.54, 1.807) is 6.08 Å². The standard InChI is InChI=1S/C13H20O/c1-5-6-12(14)11-8-7-10(2)9-13(11,3)4/h5,7-8,12,14H,1,6,9H2,2-4H3. The van der Waals surface area contributed by atoms with E-state index in [2.05, 4.69) is 39.5 Å². The summed E-state index contributed by atoms with van der Waals surface area (Å²) in [7, 11) is 0. The van der Waals surface area contributed by atoms with Crippen molar-refractivity contribution in [1.82, 2.24) is 0 Å². The SMILES string of the molecule is C=CCC(O)C1=CC=C(C)CC1(C)C.